The number of aromatic nitrogens is 4. The van der Waals surface area contributed by atoms with Crippen LogP contribution in [0, 0.1) is 11.3 Å². The molecule has 0 radical (unpaired) electrons. The van der Waals surface area contributed by atoms with E-state index in [-0.39, 0.29) is 0 Å². The Morgan fingerprint density at radius 1 is 1.53 bits per heavy atom. The Labute approximate surface area is 114 Å². The molecule has 3 heterocycles. The number of hydrogen-bond acceptors (Lipinski definition) is 7. The molecule has 0 atom stereocenters. The monoisotopic (exact) mass is 276 g/mol. The Morgan fingerprint density at radius 3 is 3.05 bits per heavy atom. The van der Waals surface area contributed by atoms with Crippen molar-refractivity contribution in [3.63, 3.8) is 0 Å². The highest BCUT2D eigenvalue weighted by Crippen LogP contribution is 2.30. The molecule has 0 amide bonds. The molecule has 98 valence electrons. The van der Waals surface area contributed by atoms with Gasteiger partial charge in [-0.25, -0.2) is 0 Å². The van der Waals surface area contributed by atoms with Crippen LogP contribution in [0.2, 0.25) is 0 Å². The van der Waals surface area contributed by atoms with Crippen molar-refractivity contribution in [1.82, 2.24) is 20.0 Å². The van der Waals surface area contributed by atoms with Crippen LogP contribution < -0.4 is 4.90 Å². The summed E-state index contributed by atoms with van der Waals surface area (Å²) in [5, 5.41) is 22.9. The minimum Gasteiger partial charge on any atom is -0.377 e. The highest BCUT2D eigenvalue weighted by atomic mass is 32.1. The molecule has 3 rings (SSSR count). The van der Waals surface area contributed by atoms with Gasteiger partial charge in [0, 0.05) is 26.4 Å². The zero-order valence-corrected chi connectivity index (χ0v) is 11.2. The summed E-state index contributed by atoms with van der Waals surface area (Å²) in [5.74, 6) is 0. The summed E-state index contributed by atoms with van der Waals surface area (Å²) in [6.07, 6.45) is 3.36. The summed E-state index contributed by atoms with van der Waals surface area (Å²) >= 11 is 1.55. The van der Waals surface area contributed by atoms with E-state index in [9.17, 15) is 0 Å². The molecule has 0 N–H and O–H groups in total. The van der Waals surface area contributed by atoms with Crippen LogP contribution in [-0.4, -0.2) is 40.2 Å². The van der Waals surface area contributed by atoms with E-state index in [4.69, 9.17) is 10.00 Å². The molecular weight excluding hydrogens is 264 g/mol. The fourth-order valence-electron chi connectivity index (χ4n) is 1.93. The second-order valence-corrected chi connectivity index (χ2v) is 5.33. The highest BCUT2D eigenvalue weighted by molar-refractivity contribution is 7.15. The minimum atomic E-state index is 0.303. The first kappa shape index (κ1) is 12.1. The summed E-state index contributed by atoms with van der Waals surface area (Å²) in [7, 11) is 1.64. The van der Waals surface area contributed by atoms with E-state index >= 15 is 0 Å². The van der Waals surface area contributed by atoms with E-state index in [1.165, 1.54) is 0 Å². The number of nitrogens with zero attached hydrogens (tertiary/aromatic N) is 6. The van der Waals surface area contributed by atoms with Crippen LogP contribution in [0.3, 0.4) is 0 Å². The normalized spacial score (nSPS) is 15.3. The summed E-state index contributed by atoms with van der Waals surface area (Å²) in [4.78, 5) is 2.15. The standard InChI is InChI=1S/C11H12N6OS/c1-18-7-10-14-15-11(19-10)16-5-9(6-16)17-4-8(2-12)3-13-17/h3-4,9H,5-7H2,1H3. The number of ether oxygens (including phenoxy) is 1. The van der Waals surface area contributed by atoms with Gasteiger partial charge in [0.15, 0.2) is 0 Å². The van der Waals surface area contributed by atoms with Gasteiger partial charge < -0.3 is 9.64 Å². The molecule has 2 aromatic heterocycles. The van der Waals surface area contributed by atoms with Crippen molar-refractivity contribution in [2.24, 2.45) is 0 Å². The quantitative estimate of drug-likeness (QED) is 0.822. The van der Waals surface area contributed by atoms with Gasteiger partial charge in [0.1, 0.15) is 17.7 Å². The fraction of sp³-hybridized carbons (Fsp3) is 0.455. The van der Waals surface area contributed by atoms with Crippen LogP contribution in [0.15, 0.2) is 12.4 Å². The second-order valence-electron chi connectivity index (χ2n) is 4.29. The maximum atomic E-state index is 8.76. The van der Waals surface area contributed by atoms with E-state index < -0.39 is 0 Å². The van der Waals surface area contributed by atoms with Crippen LogP contribution in [0.1, 0.15) is 16.6 Å². The number of methoxy groups -OCH3 is 1. The molecule has 0 spiro atoms. The lowest BCUT2D eigenvalue weighted by molar-refractivity contribution is 0.184. The summed E-state index contributed by atoms with van der Waals surface area (Å²) < 4.78 is 6.86. The van der Waals surface area contributed by atoms with Crippen molar-refractivity contribution >= 4 is 16.5 Å². The van der Waals surface area contributed by atoms with Crippen molar-refractivity contribution in [3.8, 4) is 6.07 Å². The van der Waals surface area contributed by atoms with Crippen LogP contribution in [0.4, 0.5) is 5.13 Å². The highest BCUT2D eigenvalue weighted by Gasteiger charge is 2.31. The Balaban J connectivity index is 1.61. The van der Waals surface area contributed by atoms with Gasteiger partial charge in [-0.05, 0) is 0 Å². The number of anilines is 1. The van der Waals surface area contributed by atoms with E-state index in [0.717, 1.165) is 23.2 Å². The summed E-state index contributed by atoms with van der Waals surface area (Å²) in [5.41, 5.74) is 0.594. The first-order chi connectivity index (χ1) is 9.30. The van der Waals surface area contributed by atoms with Gasteiger partial charge in [-0.15, -0.1) is 10.2 Å². The lowest BCUT2D eigenvalue weighted by Gasteiger charge is -2.38. The molecule has 1 saturated heterocycles. The Hall–Kier alpha value is -1.98. The van der Waals surface area contributed by atoms with Gasteiger partial charge in [-0.2, -0.15) is 10.4 Å². The van der Waals surface area contributed by atoms with Crippen LogP contribution in [0.25, 0.3) is 0 Å². The molecule has 8 heteroatoms. The molecule has 2 aromatic rings. The number of nitriles is 1. The summed E-state index contributed by atoms with van der Waals surface area (Å²) in [6, 6.07) is 2.38. The first-order valence-corrected chi connectivity index (χ1v) is 6.62. The Kier molecular flexibility index (Phi) is 3.15. The third-order valence-corrected chi connectivity index (χ3v) is 3.92. The van der Waals surface area contributed by atoms with Gasteiger partial charge in [0.05, 0.1) is 17.8 Å². The molecule has 1 fully saturated rings. The number of hydrogen-bond donors (Lipinski definition) is 0. The fourth-order valence-corrected chi connectivity index (χ4v) is 2.76. The molecule has 0 saturated carbocycles. The molecule has 19 heavy (non-hydrogen) atoms. The molecule has 1 aliphatic heterocycles. The van der Waals surface area contributed by atoms with Gasteiger partial charge in [-0.1, -0.05) is 11.3 Å². The van der Waals surface area contributed by atoms with Crippen LogP contribution in [-0.2, 0) is 11.3 Å². The van der Waals surface area contributed by atoms with E-state index in [1.807, 2.05) is 4.68 Å². The zero-order chi connectivity index (χ0) is 13.2. The van der Waals surface area contributed by atoms with E-state index in [0.29, 0.717) is 18.2 Å². The van der Waals surface area contributed by atoms with Crippen molar-refractivity contribution < 1.29 is 4.74 Å². The lowest BCUT2D eigenvalue weighted by Crippen LogP contribution is -2.48. The maximum Gasteiger partial charge on any atom is 0.208 e. The second kappa shape index (κ2) is 4.95. The molecular formula is C11H12N6OS. The zero-order valence-electron chi connectivity index (χ0n) is 10.4. The molecule has 1 aliphatic rings. The van der Waals surface area contributed by atoms with Gasteiger partial charge >= 0.3 is 0 Å². The third kappa shape index (κ3) is 2.30. The molecule has 0 unspecified atom stereocenters. The van der Waals surface area contributed by atoms with Gasteiger partial charge in [-0.3, -0.25) is 4.68 Å². The first-order valence-electron chi connectivity index (χ1n) is 5.80. The molecule has 7 nitrogen and oxygen atoms in total. The van der Waals surface area contributed by atoms with Crippen molar-refractivity contribution in [1.29, 1.82) is 5.26 Å². The SMILES string of the molecule is COCc1nnc(N2CC(n3cc(C#N)cn3)C2)s1. The third-order valence-electron chi connectivity index (χ3n) is 2.96. The molecule has 0 bridgehead atoms. The van der Waals surface area contributed by atoms with Crippen molar-refractivity contribution in [3.05, 3.63) is 23.0 Å². The predicted molar refractivity (Wildman–Crippen MR) is 68.8 cm³/mol. The van der Waals surface area contributed by atoms with E-state index in [1.54, 1.807) is 30.8 Å². The average Bonchev–Trinajstić information content (AvgIpc) is 2.98. The van der Waals surface area contributed by atoms with Crippen molar-refractivity contribution in [2.75, 3.05) is 25.1 Å². The minimum absolute atomic E-state index is 0.303. The predicted octanol–water partition coefficient (Wildman–Crippen LogP) is 0.814. The Morgan fingerprint density at radius 2 is 2.37 bits per heavy atom. The average molecular weight is 276 g/mol. The van der Waals surface area contributed by atoms with E-state index in [2.05, 4.69) is 26.3 Å². The van der Waals surface area contributed by atoms with Gasteiger partial charge in [0.2, 0.25) is 5.13 Å². The van der Waals surface area contributed by atoms with Crippen LogP contribution >= 0.6 is 11.3 Å². The topological polar surface area (TPSA) is 79.9 Å². The molecule has 0 aliphatic carbocycles. The van der Waals surface area contributed by atoms with Crippen molar-refractivity contribution in [2.45, 2.75) is 12.6 Å². The largest absolute Gasteiger partial charge is 0.377 e. The Bertz CT molecular complexity index is 609. The van der Waals surface area contributed by atoms with Gasteiger partial charge in [0.25, 0.3) is 0 Å². The summed E-state index contributed by atoms with van der Waals surface area (Å²) in [6.45, 7) is 2.18. The lowest BCUT2D eigenvalue weighted by atomic mass is 10.1. The number of rotatable bonds is 4. The maximum absolute atomic E-state index is 8.76. The molecule has 0 aromatic carbocycles. The smallest absolute Gasteiger partial charge is 0.208 e. The van der Waals surface area contributed by atoms with Crippen LogP contribution in [0.5, 0.6) is 0 Å².